The lowest BCUT2D eigenvalue weighted by atomic mass is 10.1. The van der Waals surface area contributed by atoms with Crippen molar-refractivity contribution >= 4 is 15.9 Å². The first-order chi connectivity index (χ1) is 6.25. The Bertz CT molecular complexity index is 255. The molecule has 0 atom stereocenters. The number of hydrogen-bond donors (Lipinski definition) is 1. The maximum atomic E-state index is 13.2. The normalized spacial score (nSPS) is 10.4. The second-order valence-corrected chi connectivity index (χ2v) is 3.76. The predicted octanol–water partition coefficient (Wildman–Crippen LogP) is 2.74. The highest BCUT2D eigenvalue weighted by Gasteiger charge is 2.04. The zero-order chi connectivity index (χ0) is 9.68. The fourth-order valence-corrected chi connectivity index (χ4v) is 1.75. The molecule has 0 unspecified atom stereocenters. The first-order valence-corrected chi connectivity index (χ1v) is 5.12. The molecule has 1 N–H and O–H groups in total. The van der Waals surface area contributed by atoms with Crippen molar-refractivity contribution < 1.29 is 4.39 Å². The Labute approximate surface area is 86.5 Å². The fraction of sp³-hybridized carbons (Fsp3) is 0.400. The van der Waals surface area contributed by atoms with Gasteiger partial charge in [-0.25, -0.2) is 4.39 Å². The summed E-state index contributed by atoms with van der Waals surface area (Å²) in [5, 5.41) is 3.04. The standard InChI is InChI=1S/C10H13BrFN/c1-13-7-3-4-8-9(11)5-2-6-10(8)12/h2,5-6,13H,3-4,7H2,1H3. The van der Waals surface area contributed by atoms with Crippen LogP contribution in [0.5, 0.6) is 0 Å². The zero-order valence-corrected chi connectivity index (χ0v) is 9.20. The van der Waals surface area contributed by atoms with Gasteiger partial charge >= 0.3 is 0 Å². The Balaban J connectivity index is 2.64. The third-order valence-corrected chi connectivity index (χ3v) is 2.66. The minimum atomic E-state index is -0.120. The second-order valence-electron chi connectivity index (χ2n) is 2.91. The summed E-state index contributed by atoms with van der Waals surface area (Å²) >= 11 is 3.34. The predicted molar refractivity (Wildman–Crippen MR) is 56.3 cm³/mol. The third kappa shape index (κ3) is 3.08. The molecule has 0 heterocycles. The lowest BCUT2D eigenvalue weighted by molar-refractivity contribution is 0.599. The third-order valence-electron chi connectivity index (χ3n) is 1.92. The zero-order valence-electron chi connectivity index (χ0n) is 7.61. The molecule has 0 aliphatic heterocycles. The lowest BCUT2D eigenvalue weighted by Crippen LogP contribution is -2.09. The highest BCUT2D eigenvalue weighted by molar-refractivity contribution is 9.10. The van der Waals surface area contributed by atoms with E-state index < -0.39 is 0 Å². The van der Waals surface area contributed by atoms with E-state index in [1.54, 1.807) is 6.07 Å². The van der Waals surface area contributed by atoms with Gasteiger partial charge in [-0.15, -0.1) is 0 Å². The van der Waals surface area contributed by atoms with E-state index in [1.165, 1.54) is 6.07 Å². The molecule has 0 spiro atoms. The highest BCUT2D eigenvalue weighted by atomic mass is 79.9. The van der Waals surface area contributed by atoms with Gasteiger partial charge in [0.25, 0.3) is 0 Å². The Hall–Kier alpha value is -0.410. The van der Waals surface area contributed by atoms with Crippen molar-refractivity contribution in [3.05, 3.63) is 34.1 Å². The molecule has 0 fully saturated rings. The van der Waals surface area contributed by atoms with Crippen molar-refractivity contribution in [2.45, 2.75) is 12.8 Å². The van der Waals surface area contributed by atoms with Crippen molar-refractivity contribution in [2.75, 3.05) is 13.6 Å². The number of benzene rings is 1. The van der Waals surface area contributed by atoms with Crippen molar-refractivity contribution in [1.29, 1.82) is 0 Å². The van der Waals surface area contributed by atoms with E-state index in [4.69, 9.17) is 0 Å². The molecule has 0 bridgehead atoms. The van der Waals surface area contributed by atoms with Gasteiger partial charge in [0.15, 0.2) is 0 Å². The van der Waals surface area contributed by atoms with Gasteiger partial charge in [-0.3, -0.25) is 0 Å². The smallest absolute Gasteiger partial charge is 0.127 e. The number of nitrogens with one attached hydrogen (secondary N) is 1. The number of halogens is 2. The molecule has 0 saturated heterocycles. The summed E-state index contributed by atoms with van der Waals surface area (Å²) < 4.78 is 14.1. The molecular formula is C10H13BrFN. The highest BCUT2D eigenvalue weighted by Crippen LogP contribution is 2.20. The maximum Gasteiger partial charge on any atom is 0.127 e. The van der Waals surface area contributed by atoms with Gasteiger partial charge in [-0.2, -0.15) is 0 Å². The van der Waals surface area contributed by atoms with E-state index in [9.17, 15) is 4.39 Å². The van der Waals surface area contributed by atoms with E-state index in [-0.39, 0.29) is 5.82 Å². The van der Waals surface area contributed by atoms with Gasteiger partial charge in [-0.1, -0.05) is 22.0 Å². The van der Waals surface area contributed by atoms with Crippen molar-refractivity contribution in [1.82, 2.24) is 5.32 Å². The molecule has 0 aliphatic carbocycles. The van der Waals surface area contributed by atoms with Crippen molar-refractivity contribution in [3.8, 4) is 0 Å². The molecule has 1 nitrogen and oxygen atoms in total. The van der Waals surface area contributed by atoms with Crippen LogP contribution in [-0.4, -0.2) is 13.6 Å². The van der Waals surface area contributed by atoms with Gasteiger partial charge < -0.3 is 5.32 Å². The summed E-state index contributed by atoms with van der Waals surface area (Å²) in [6, 6.07) is 5.08. The number of hydrogen-bond acceptors (Lipinski definition) is 1. The van der Waals surface area contributed by atoms with Gasteiger partial charge in [0.05, 0.1) is 0 Å². The van der Waals surface area contributed by atoms with E-state index in [1.807, 2.05) is 13.1 Å². The van der Waals surface area contributed by atoms with Crippen LogP contribution in [0.3, 0.4) is 0 Å². The van der Waals surface area contributed by atoms with Crippen LogP contribution in [0, 0.1) is 5.82 Å². The van der Waals surface area contributed by atoms with E-state index in [0.717, 1.165) is 29.4 Å². The summed E-state index contributed by atoms with van der Waals surface area (Å²) in [5.74, 6) is -0.120. The van der Waals surface area contributed by atoms with Crippen LogP contribution >= 0.6 is 15.9 Å². The van der Waals surface area contributed by atoms with Crippen molar-refractivity contribution in [2.24, 2.45) is 0 Å². The monoisotopic (exact) mass is 245 g/mol. The Kier molecular flexibility index (Phi) is 4.39. The first-order valence-electron chi connectivity index (χ1n) is 4.33. The average Bonchev–Trinajstić information content (AvgIpc) is 2.10. The summed E-state index contributed by atoms with van der Waals surface area (Å²) in [6.45, 7) is 0.917. The summed E-state index contributed by atoms with van der Waals surface area (Å²) in [5.41, 5.74) is 0.776. The van der Waals surface area contributed by atoms with Gasteiger partial charge in [-0.05, 0) is 38.6 Å². The van der Waals surface area contributed by atoms with E-state index in [2.05, 4.69) is 21.2 Å². The van der Waals surface area contributed by atoms with Crippen LogP contribution in [0.25, 0.3) is 0 Å². The molecular weight excluding hydrogens is 233 g/mol. The SMILES string of the molecule is CNCCCc1c(F)cccc1Br. The van der Waals surface area contributed by atoms with Crippen LogP contribution in [-0.2, 0) is 6.42 Å². The second kappa shape index (κ2) is 5.35. The molecule has 0 amide bonds. The molecule has 1 aromatic carbocycles. The Morgan fingerprint density at radius 3 is 2.85 bits per heavy atom. The summed E-state index contributed by atoms with van der Waals surface area (Å²) in [4.78, 5) is 0. The molecule has 0 aromatic heterocycles. The van der Waals surface area contributed by atoms with Crippen LogP contribution in [0.2, 0.25) is 0 Å². The first kappa shape index (κ1) is 10.7. The summed E-state index contributed by atoms with van der Waals surface area (Å²) in [6.07, 6.45) is 1.73. The van der Waals surface area contributed by atoms with Crippen LogP contribution in [0.4, 0.5) is 4.39 Å². The fourth-order valence-electron chi connectivity index (χ4n) is 1.21. The van der Waals surface area contributed by atoms with Crippen molar-refractivity contribution in [3.63, 3.8) is 0 Å². The number of rotatable bonds is 4. The Morgan fingerprint density at radius 2 is 2.23 bits per heavy atom. The topological polar surface area (TPSA) is 12.0 Å². The largest absolute Gasteiger partial charge is 0.320 e. The maximum absolute atomic E-state index is 13.2. The molecule has 0 saturated carbocycles. The molecule has 1 rings (SSSR count). The molecule has 3 heteroatoms. The lowest BCUT2D eigenvalue weighted by Gasteiger charge is -2.05. The minimum Gasteiger partial charge on any atom is -0.320 e. The average molecular weight is 246 g/mol. The molecule has 13 heavy (non-hydrogen) atoms. The van der Waals surface area contributed by atoms with E-state index in [0.29, 0.717) is 0 Å². The molecule has 0 radical (unpaired) electrons. The molecule has 0 aliphatic rings. The van der Waals surface area contributed by atoms with Crippen LogP contribution in [0.1, 0.15) is 12.0 Å². The van der Waals surface area contributed by atoms with E-state index >= 15 is 0 Å². The van der Waals surface area contributed by atoms with Crippen LogP contribution < -0.4 is 5.32 Å². The van der Waals surface area contributed by atoms with Gasteiger partial charge in [0, 0.05) is 10.0 Å². The van der Waals surface area contributed by atoms with Gasteiger partial charge in [0.1, 0.15) is 5.82 Å². The summed E-state index contributed by atoms with van der Waals surface area (Å²) in [7, 11) is 1.90. The van der Waals surface area contributed by atoms with Crippen LogP contribution in [0.15, 0.2) is 22.7 Å². The molecule has 72 valence electrons. The quantitative estimate of drug-likeness (QED) is 0.805. The van der Waals surface area contributed by atoms with Gasteiger partial charge in [0.2, 0.25) is 0 Å². The molecule has 1 aromatic rings. The Morgan fingerprint density at radius 1 is 1.46 bits per heavy atom. The minimum absolute atomic E-state index is 0.120.